The molecule has 0 aliphatic carbocycles. The Bertz CT molecular complexity index is 1250. The fourth-order valence-corrected chi connectivity index (χ4v) is 4.03. The number of carbonyl (C=O) groups excluding carboxylic acids is 2. The Morgan fingerprint density at radius 2 is 1.88 bits per heavy atom. The average molecular weight is 449 g/mol. The van der Waals surface area contributed by atoms with Crippen molar-refractivity contribution in [3.8, 4) is 5.75 Å². The van der Waals surface area contributed by atoms with E-state index in [9.17, 15) is 14.7 Å². The van der Waals surface area contributed by atoms with Gasteiger partial charge in [-0.1, -0.05) is 23.7 Å². The number of aliphatic hydroxyl groups is 1. The first kappa shape index (κ1) is 21.6. The molecule has 1 amide bonds. The summed E-state index contributed by atoms with van der Waals surface area (Å²) in [5.74, 6) is -1.15. The molecule has 4 rings (SSSR count). The van der Waals surface area contributed by atoms with E-state index in [0.29, 0.717) is 33.1 Å². The van der Waals surface area contributed by atoms with Crippen molar-refractivity contribution in [2.45, 2.75) is 19.9 Å². The minimum atomic E-state index is -0.857. The second-order valence-corrected chi connectivity index (χ2v) is 7.98. The van der Waals surface area contributed by atoms with Gasteiger partial charge in [0, 0.05) is 28.7 Å². The number of aryl methyl sites for hydroxylation is 2. The van der Waals surface area contributed by atoms with Gasteiger partial charge in [-0.15, -0.1) is 0 Å². The summed E-state index contributed by atoms with van der Waals surface area (Å²) in [7, 11) is 1.55. The third-order valence-corrected chi connectivity index (χ3v) is 5.97. The molecule has 32 heavy (non-hydrogen) atoms. The lowest BCUT2D eigenvalue weighted by Gasteiger charge is -2.25. The lowest BCUT2D eigenvalue weighted by atomic mass is 9.94. The van der Waals surface area contributed by atoms with Gasteiger partial charge in [0.25, 0.3) is 11.7 Å². The van der Waals surface area contributed by atoms with Crippen LogP contribution in [-0.4, -0.2) is 28.9 Å². The van der Waals surface area contributed by atoms with Crippen molar-refractivity contribution in [2.75, 3.05) is 12.0 Å². The summed E-state index contributed by atoms with van der Waals surface area (Å²) >= 11 is 6.31. The highest BCUT2D eigenvalue weighted by atomic mass is 35.5. The van der Waals surface area contributed by atoms with Crippen LogP contribution in [0.2, 0.25) is 5.02 Å². The third-order valence-electron chi connectivity index (χ3n) is 5.57. The van der Waals surface area contributed by atoms with Gasteiger partial charge >= 0.3 is 0 Å². The minimum Gasteiger partial charge on any atom is -0.507 e. The van der Waals surface area contributed by atoms with Crippen LogP contribution in [0, 0.1) is 13.8 Å². The van der Waals surface area contributed by atoms with Gasteiger partial charge in [-0.2, -0.15) is 0 Å². The van der Waals surface area contributed by atoms with Crippen molar-refractivity contribution < 1.29 is 19.4 Å². The number of benzene rings is 2. The molecule has 0 spiro atoms. The maximum atomic E-state index is 13.2. The number of pyridine rings is 1. The van der Waals surface area contributed by atoms with E-state index >= 15 is 0 Å². The largest absolute Gasteiger partial charge is 0.507 e. The molecule has 162 valence electrons. The highest BCUT2D eigenvalue weighted by molar-refractivity contribution is 6.51. The minimum absolute atomic E-state index is 0.00651. The predicted molar refractivity (Wildman–Crippen MR) is 123 cm³/mol. The molecule has 1 unspecified atom stereocenters. The van der Waals surface area contributed by atoms with E-state index in [2.05, 4.69) is 4.98 Å². The van der Waals surface area contributed by atoms with E-state index in [0.717, 1.165) is 5.56 Å². The summed E-state index contributed by atoms with van der Waals surface area (Å²) in [4.78, 5) is 31.9. The van der Waals surface area contributed by atoms with Crippen molar-refractivity contribution in [3.63, 3.8) is 0 Å². The molecular formula is C25H21ClN2O4. The first-order valence-electron chi connectivity index (χ1n) is 9.95. The van der Waals surface area contributed by atoms with Gasteiger partial charge in [-0.25, -0.2) is 0 Å². The van der Waals surface area contributed by atoms with Crippen LogP contribution >= 0.6 is 11.6 Å². The number of aromatic nitrogens is 1. The molecule has 7 heteroatoms. The summed E-state index contributed by atoms with van der Waals surface area (Å²) < 4.78 is 5.23. The van der Waals surface area contributed by atoms with Crippen LogP contribution < -0.4 is 9.64 Å². The van der Waals surface area contributed by atoms with Crippen LogP contribution in [0.15, 0.2) is 66.5 Å². The second kappa shape index (κ2) is 8.48. The fraction of sp³-hybridized carbons (Fsp3) is 0.160. The molecular weight excluding hydrogens is 428 g/mol. The predicted octanol–water partition coefficient (Wildman–Crippen LogP) is 4.99. The lowest BCUT2D eigenvalue weighted by Crippen LogP contribution is -2.29. The van der Waals surface area contributed by atoms with Crippen molar-refractivity contribution in [1.82, 2.24) is 4.98 Å². The molecule has 1 saturated heterocycles. The summed E-state index contributed by atoms with van der Waals surface area (Å²) in [6.07, 6.45) is 3.18. The van der Waals surface area contributed by atoms with Crippen LogP contribution in [0.1, 0.15) is 28.3 Å². The van der Waals surface area contributed by atoms with Crippen LogP contribution in [-0.2, 0) is 9.59 Å². The zero-order valence-electron chi connectivity index (χ0n) is 17.8. The molecule has 6 nitrogen and oxygen atoms in total. The molecule has 0 saturated carbocycles. The number of hydrogen-bond donors (Lipinski definition) is 1. The summed E-state index contributed by atoms with van der Waals surface area (Å²) in [5, 5.41) is 11.7. The average Bonchev–Trinajstić information content (AvgIpc) is 3.06. The number of anilines is 1. The van der Waals surface area contributed by atoms with Crippen molar-refractivity contribution in [1.29, 1.82) is 0 Å². The van der Waals surface area contributed by atoms with Gasteiger partial charge in [-0.3, -0.25) is 19.5 Å². The fourth-order valence-electron chi connectivity index (χ4n) is 3.86. The van der Waals surface area contributed by atoms with Crippen molar-refractivity contribution in [2.24, 2.45) is 0 Å². The first-order chi connectivity index (χ1) is 15.3. The highest BCUT2D eigenvalue weighted by Gasteiger charge is 2.47. The Kier molecular flexibility index (Phi) is 5.72. The maximum absolute atomic E-state index is 13.2. The van der Waals surface area contributed by atoms with E-state index < -0.39 is 17.7 Å². The molecule has 1 aliphatic rings. The standard InChI is InChI=1S/C25H21ClN2O4/c1-14-6-7-17(12-20(14)26)28-22(16-5-4-10-27-13-16)21(24(30)25(28)31)23(29)19-9-8-18(32-3)11-15(19)2/h4-13,22,29H,1-3H3/b23-21+. The van der Waals surface area contributed by atoms with E-state index in [-0.39, 0.29) is 11.3 Å². The second-order valence-electron chi connectivity index (χ2n) is 7.57. The first-order valence-corrected chi connectivity index (χ1v) is 10.3. The molecule has 0 bridgehead atoms. The molecule has 1 N–H and O–H groups in total. The van der Waals surface area contributed by atoms with Gasteiger partial charge in [0.15, 0.2) is 0 Å². The van der Waals surface area contributed by atoms with E-state index in [4.69, 9.17) is 16.3 Å². The van der Waals surface area contributed by atoms with Crippen LogP contribution in [0.25, 0.3) is 5.76 Å². The van der Waals surface area contributed by atoms with Crippen molar-refractivity contribution in [3.05, 3.63) is 93.8 Å². The molecule has 2 aromatic carbocycles. The Hall–Kier alpha value is -3.64. The van der Waals surface area contributed by atoms with Crippen LogP contribution in [0.5, 0.6) is 5.75 Å². The third kappa shape index (κ3) is 3.63. The molecule has 1 fully saturated rings. The number of ether oxygens (including phenoxy) is 1. The normalized spacial score (nSPS) is 17.6. The quantitative estimate of drug-likeness (QED) is 0.345. The van der Waals surface area contributed by atoms with Gasteiger partial charge < -0.3 is 9.84 Å². The summed E-state index contributed by atoms with van der Waals surface area (Å²) in [6, 6.07) is 12.9. The Balaban J connectivity index is 1.95. The molecule has 2 heterocycles. The SMILES string of the molecule is COc1ccc(/C(O)=C2\C(=O)C(=O)N(c3ccc(C)c(Cl)c3)C2c2cccnc2)c(C)c1. The summed E-state index contributed by atoms with van der Waals surface area (Å²) in [6.45, 7) is 3.65. The number of hydrogen-bond acceptors (Lipinski definition) is 5. The van der Waals surface area contributed by atoms with E-state index in [1.54, 1.807) is 75.0 Å². The number of rotatable bonds is 4. The zero-order chi connectivity index (χ0) is 23.0. The Labute approximate surface area is 190 Å². The van der Waals surface area contributed by atoms with E-state index in [1.807, 2.05) is 6.92 Å². The van der Waals surface area contributed by atoms with Crippen molar-refractivity contribution >= 4 is 34.7 Å². The van der Waals surface area contributed by atoms with Gasteiger partial charge in [-0.05, 0) is 66.9 Å². The number of carbonyl (C=O) groups is 2. The number of amides is 1. The van der Waals surface area contributed by atoms with E-state index in [1.165, 1.54) is 4.90 Å². The lowest BCUT2D eigenvalue weighted by molar-refractivity contribution is -0.132. The number of nitrogens with zero attached hydrogens (tertiary/aromatic N) is 2. The number of aliphatic hydroxyl groups excluding tert-OH is 1. The summed E-state index contributed by atoms with van der Waals surface area (Å²) in [5.41, 5.74) is 3.04. The topological polar surface area (TPSA) is 79.7 Å². The highest BCUT2D eigenvalue weighted by Crippen LogP contribution is 2.43. The molecule has 1 aromatic heterocycles. The molecule has 1 atom stereocenters. The van der Waals surface area contributed by atoms with Gasteiger partial charge in [0.1, 0.15) is 11.5 Å². The van der Waals surface area contributed by atoms with Crippen LogP contribution in [0.4, 0.5) is 5.69 Å². The maximum Gasteiger partial charge on any atom is 0.300 e. The number of halogens is 1. The van der Waals surface area contributed by atoms with Crippen LogP contribution in [0.3, 0.4) is 0 Å². The zero-order valence-corrected chi connectivity index (χ0v) is 18.6. The van der Waals surface area contributed by atoms with Gasteiger partial charge in [0.2, 0.25) is 0 Å². The molecule has 0 radical (unpaired) electrons. The molecule has 1 aliphatic heterocycles. The Morgan fingerprint density at radius 3 is 2.50 bits per heavy atom. The number of methoxy groups -OCH3 is 1. The van der Waals surface area contributed by atoms with Gasteiger partial charge in [0.05, 0.1) is 18.7 Å². The molecule has 3 aromatic rings. The smallest absolute Gasteiger partial charge is 0.300 e. The number of Topliss-reactive ketones (excluding diaryl/α,β-unsaturated/α-hetero) is 1. The monoisotopic (exact) mass is 448 g/mol. The number of ketones is 1. The Morgan fingerprint density at radius 1 is 1.09 bits per heavy atom.